The van der Waals surface area contributed by atoms with E-state index in [4.69, 9.17) is 0 Å². The van der Waals surface area contributed by atoms with Gasteiger partial charge in [0.1, 0.15) is 5.69 Å². The highest BCUT2D eigenvalue weighted by molar-refractivity contribution is 5.92. The van der Waals surface area contributed by atoms with Crippen molar-refractivity contribution < 1.29 is 23.0 Å². The fourth-order valence-corrected chi connectivity index (χ4v) is 2.84. The van der Waals surface area contributed by atoms with Gasteiger partial charge in [-0.2, -0.15) is 5.10 Å². The van der Waals surface area contributed by atoms with Gasteiger partial charge in [-0.3, -0.25) is 14.5 Å². The maximum absolute atomic E-state index is 13.8. The van der Waals surface area contributed by atoms with Gasteiger partial charge in [0.15, 0.2) is 11.3 Å². The van der Waals surface area contributed by atoms with E-state index in [1.807, 2.05) is 5.32 Å². The van der Waals surface area contributed by atoms with Gasteiger partial charge >= 0.3 is 0 Å². The molecule has 160 valence electrons. The summed E-state index contributed by atoms with van der Waals surface area (Å²) < 4.78 is 33.5. The Morgan fingerprint density at radius 3 is 2.90 bits per heavy atom. The van der Waals surface area contributed by atoms with Crippen molar-refractivity contribution in [2.24, 2.45) is 0 Å². The van der Waals surface area contributed by atoms with Gasteiger partial charge in [-0.25, -0.2) is 22.9 Å². The summed E-state index contributed by atoms with van der Waals surface area (Å²) in [6, 6.07) is 1.72. The average molecular weight is 422 g/mol. The SMILES string of the molecule is Cc1nonc1C(=O)NCc1cn2ncc(CN(C)CC(F)(F)CNC=O)cc2n1. The van der Waals surface area contributed by atoms with E-state index in [9.17, 15) is 18.4 Å². The minimum absolute atomic E-state index is 0.0994. The number of amides is 2. The largest absolute Gasteiger partial charge is 0.353 e. The highest BCUT2D eigenvalue weighted by Crippen LogP contribution is 2.15. The molecule has 3 heterocycles. The topological polar surface area (TPSA) is 131 Å². The van der Waals surface area contributed by atoms with Crippen LogP contribution in [0.5, 0.6) is 0 Å². The van der Waals surface area contributed by atoms with E-state index >= 15 is 0 Å². The molecule has 0 bridgehead atoms. The molecule has 0 aliphatic heterocycles. The van der Waals surface area contributed by atoms with Crippen LogP contribution >= 0.6 is 0 Å². The molecule has 11 nitrogen and oxygen atoms in total. The van der Waals surface area contributed by atoms with E-state index < -0.39 is 24.9 Å². The molecular weight excluding hydrogens is 402 g/mol. The standard InChI is InChI=1S/C17H20F2N8O3/c1-11-15(25-30-24-11)16(29)21-5-13-7-27-14(23-13)3-12(4-22-27)6-26(2)9-17(18,19)8-20-10-28/h3-4,7,10H,5-6,8-9H2,1-2H3,(H,20,28)(H,21,29). The molecule has 0 aliphatic rings. The first-order valence-corrected chi connectivity index (χ1v) is 8.91. The van der Waals surface area contributed by atoms with Crippen LogP contribution in [0.1, 0.15) is 27.4 Å². The van der Waals surface area contributed by atoms with Crippen LogP contribution < -0.4 is 10.6 Å². The van der Waals surface area contributed by atoms with Crippen molar-refractivity contribution in [3.8, 4) is 0 Å². The zero-order valence-electron chi connectivity index (χ0n) is 16.3. The fourth-order valence-electron chi connectivity index (χ4n) is 2.84. The molecule has 0 spiro atoms. The molecule has 3 aromatic rings. The van der Waals surface area contributed by atoms with Gasteiger partial charge in [0.25, 0.3) is 11.8 Å². The number of fused-ring (bicyclic) bond motifs is 1. The lowest BCUT2D eigenvalue weighted by molar-refractivity contribution is -0.111. The van der Waals surface area contributed by atoms with E-state index in [-0.39, 0.29) is 25.2 Å². The molecule has 2 N–H and O–H groups in total. The van der Waals surface area contributed by atoms with Crippen LogP contribution in [0.4, 0.5) is 8.78 Å². The number of nitrogens with one attached hydrogen (secondary N) is 2. The Kier molecular flexibility index (Phi) is 6.30. The molecule has 0 aliphatic carbocycles. The maximum Gasteiger partial charge on any atom is 0.277 e. The van der Waals surface area contributed by atoms with Crippen LogP contribution in [0, 0.1) is 6.92 Å². The lowest BCUT2D eigenvalue weighted by Crippen LogP contribution is -2.41. The number of halogens is 2. The Bertz CT molecular complexity index is 1040. The van der Waals surface area contributed by atoms with Gasteiger partial charge in [0.05, 0.1) is 37.7 Å². The molecule has 0 saturated carbocycles. The molecule has 30 heavy (non-hydrogen) atoms. The van der Waals surface area contributed by atoms with Crippen LogP contribution in [0.3, 0.4) is 0 Å². The summed E-state index contributed by atoms with van der Waals surface area (Å²) in [6.45, 7) is 0.711. The second-order valence-corrected chi connectivity index (χ2v) is 6.81. The van der Waals surface area contributed by atoms with Gasteiger partial charge in [-0.15, -0.1) is 0 Å². The summed E-state index contributed by atoms with van der Waals surface area (Å²) in [5, 5.41) is 16.0. The van der Waals surface area contributed by atoms with Gasteiger partial charge in [-0.1, -0.05) is 5.16 Å². The summed E-state index contributed by atoms with van der Waals surface area (Å²) in [4.78, 5) is 28.1. The molecule has 0 saturated heterocycles. The quantitative estimate of drug-likeness (QED) is 0.442. The third kappa shape index (κ3) is 5.31. The summed E-state index contributed by atoms with van der Waals surface area (Å²) in [5.74, 6) is -3.49. The van der Waals surface area contributed by atoms with Crippen molar-refractivity contribution in [2.75, 3.05) is 20.1 Å². The number of alkyl halides is 2. The Labute approximate surface area is 169 Å². The van der Waals surface area contributed by atoms with Gasteiger partial charge < -0.3 is 10.6 Å². The van der Waals surface area contributed by atoms with Crippen molar-refractivity contribution in [3.63, 3.8) is 0 Å². The second kappa shape index (κ2) is 8.90. The average Bonchev–Trinajstić information content (AvgIpc) is 3.29. The molecule has 0 atom stereocenters. The number of carbonyl (C=O) groups excluding carboxylic acids is 2. The number of nitrogens with zero attached hydrogens (tertiary/aromatic N) is 6. The molecule has 3 aromatic heterocycles. The van der Waals surface area contributed by atoms with Gasteiger partial charge in [0.2, 0.25) is 6.41 Å². The van der Waals surface area contributed by atoms with Crippen molar-refractivity contribution in [2.45, 2.75) is 25.9 Å². The number of hydrogen-bond donors (Lipinski definition) is 2. The molecule has 0 unspecified atom stereocenters. The highest BCUT2D eigenvalue weighted by atomic mass is 19.3. The smallest absolute Gasteiger partial charge is 0.277 e. The van der Waals surface area contributed by atoms with Gasteiger partial charge in [-0.05, 0) is 30.8 Å². The normalized spacial score (nSPS) is 11.8. The first kappa shape index (κ1) is 21.2. The van der Waals surface area contributed by atoms with Crippen molar-refractivity contribution >= 4 is 18.0 Å². The maximum atomic E-state index is 13.8. The molecular formula is C17H20F2N8O3. The number of rotatable bonds is 10. The number of imidazole rings is 1. The lowest BCUT2D eigenvalue weighted by atomic mass is 10.2. The summed E-state index contributed by atoms with van der Waals surface area (Å²) in [5.41, 5.74) is 2.24. The molecule has 0 radical (unpaired) electrons. The van der Waals surface area contributed by atoms with Crippen LogP contribution in [-0.4, -0.2) is 68.2 Å². The first-order valence-electron chi connectivity index (χ1n) is 8.91. The number of aromatic nitrogens is 5. The third-order valence-electron chi connectivity index (χ3n) is 4.12. The van der Waals surface area contributed by atoms with Gasteiger partial charge in [0, 0.05) is 6.54 Å². The lowest BCUT2D eigenvalue weighted by Gasteiger charge is -2.23. The number of carbonyl (C=O) groups is 2. The summed E-state index contributed by atoms with van der Waals surface area (Å²) in [7, 11) is 1.55. The molecule has 0 aromatic carbocycles. The number of aryl methyl sites for hydroxylation is 1. The zero-order valence-corrected chi connectivity index (χ0v) is 16.3. The van der Waals surface area contributed by atoms with Crippen LogP contribution in [0.15, 0.2) is 23.1 Å². The van der Waals surface area contributed by atoms with E-state index in [2.05, 4.69) is 30.3 Å². The Morgan fingerprint density at radius 1 is 1.40 bits per heavy atom. The van der Waals surface area contributed by atoms with Crippen LogP contribution in [0.25, 0.3) is 5.65 Å². The van der Waals surface area contributed by atoms with E-state index in [1.165, 1.54) is 9.42 Å². The van der Waals surface area contributed by atoms with Crippen molar-refractivity contribution in [1.82, 2.24) is 40.4 Å². The second-order valence-electron chi connectivity index (χ2n) is 6.81. The van der Waals surface area contributed by atoms with E-state index in [0.717, 1.165) is 0 Å². The molecule has 2 amide bonds. The summed E-state index contributed by atoms with van der Waals surface area (Å²) in [6.07, 6.45) is 3.45. The Hall–Kier alpha value is -3.48. The van der Waals surface area contributed by atoms with E-state index in [1.54, 1.807) is 32.4 Å². The van der Waals surface area contributed by atoms with Crippen LogP contribution in [-0.2, 0) is 17.9 Å². The van der Waals surface area contributed by atoms with Crippen LogP contribution in [0.2, 0.25) is 0 Å². The van der Waals surface area contributed by atoms with Crippen molar-refractivity contribution in [1.29, 1.82) is 0 Å². The molecule has 3 rings (SSSR count). The molecule has 0 fully saturated rings. The minimum Gasteiger partial charge on any atom is -0.353 e. The van der Waals surface area contributed by atoms with E-state index in [0.29, 0.717) is 22.6 Å². The highest BCUT2D eigenvalue weighted by Gasteiger charge is 2.30. The first-order chi connectivity index (χ1) is 14.3. The Balaban J connectivity index is 1.60. The van der Waals surface area contributed by atoms with Crippen molar-refractivity contribution in [3.05, 3.63) is 41.1 Å². The zero-order chi connectivity index (χ0) is 21.7. The Morgan fingerprint density at radius 2 is 2.20 bits per heavy atom. The third-order valence-corrected chi connectivity index (χ3v) is 4.12. The number of hydrogen-bond acceptors (Lipinski definition) is 8. The minimum atomic E-state index is -3.05. The fraction of sp³-hybridized carbons (Fsp3) is 0.412. The monoisotopic (exact) mass is 422 g/mol. The predicted octanol–water partition coefficient (Wildman–Crippen LogP) is 0.164. The molecule has 13 heteroatoms. The predicted molar refractivity (Wildman–Crippen MR) is 98.5 cm³/mol. The summed E-state index contributed by atoms with van der Waals surface area (Å²) >= 11 is 0.